The molecule has 0 atom stereocenters. The van der Waals surface area contributed by atoms with E-state index in [-0.39, 0.29) is 10.8 Å². The highest BCUT2D eigenvalue weighted by Gasteiger charge is 2.30. The van der Waals surface area contributed by atoms with Crippen LogP contribution in [0.15, 0.2) is 41.3 Å². The lowest BCUT2D eigenvalue weighted by Crippen LogP contribution is -2.11. The van der Waals surface area contributed by atoms with Gasteiger partial charge < -0.3 is 4.74 Å². The van der Waals surface area contributed by atoms with Crippen LogP contribution in [-0.2, 0) is 9.84 Å². The first-order chi connectivity index (χ1) is 12.0. The van der Waals surface area contributed by atoms with E-state index < -0.39 is 47.5 Å². The minimum absolute atomic E-state index is 0.117. The van der Waals surface area contributed by atoms with Crippen LogP contribution in [-0.4, -0.2) is 24.0 Å². The number of nitro benzene ring substituents is 2. The summed E-state index contributed by atoms with van der Waals surface area (Å²) in [5.41, 5.74) is -1.31. The van der Waals surface area contributed by atoms with Gasteiger partial charge in [-0.25, -0.2) is 8.42 Å². The van der Waals surface area contributed by atoms with Gasteiger partial charge in [0.2, 0.25) is 15.6 Å². The Hall–Kier alpha value is -2.86. The molecule has 0 amide bonds. The van der Waals surface area contributed by atoms with Crippen molar-refractivity contribution in [1.82, 2.24) is 0 Å². The first-order valence-electron chi connectivity index (χ1n) is 6.46. The normalized spacial score (nSPS) is 11.4. The number of alkyl halides is 2. The summed E-state index contributed by atoms with van der Waals surface area (Å²) in [7, 11) is -5.03. The van der Waals surface area contributed by atoms with Crippen LogP contribution in [0.3, 0.4) is 0 Å². The van der Waals surface area contributed by atoms with E-state index in [1.54, 1.807) is 0 Å². The lowest BCUT2D eigenvalue weighted by molar-refractivity contribution is -0.385. The number of sulfone groups is 1. The van der Waals surface area contributed by atoms with Crippen LogP contribution in [0.2, 0.25) is 5.02 Å². The number of nitro groups is 2. The number of ether oxygens (including phenoxy) is 1. The summed E-state index contributed by atoms with van der Waals surface area (Å²) >= 11 is 5.69. The SMILES string of the molecule is O=[N+]([O-])c1ccc(Oc2ccc(S(=O)(=O)C(F)F)cc2[N+](=O)[O-])cc1Cl. The van der Waals surface area contributed by atoms with Crippen LogP contribution in [0.5, 0.6) is 11.5 Å². The molecule has 0 heterocycles. The zero-order valence-electron chi connectivity index (χ0n) is 12.3. The van der Waals surface area contributed by atoms with E-state index >= 15 is 0 Å². The Bertz CT molecular complexity index is 998. The fraction of sp³-hybridized carbons (Fsp3) is 0.0769. The van der Waals surface area contributed by atoms with E-state index in [0.717, 1.165) is 30.3 Å². The Morgan fingerprint density at radius 1 is 1.00 bits per heavy atom. The smallest absolute Gasteiger partial charge is 0.341 e. The molecule has 0 saturated carbocycles. The summed E-state index contributed by atoms with van der Waals surface area (Å²) in [6.07, 6.45) is 0. The summed E-state index contributed by atoms with van der Waals surface area (Å²) in [5.74, 6) is -4.33. The molecule has 0 unspecified atom stereocenters. The lowest BCUT2D eigenvalue weighted by atomic mass is 10.3. The Kier molecular flexibility index (Phi) is 5.37. The van der Waals surface area contributed by atoms with E-state index in [2.05, 4.69) is 0 Å². The summed E-state index contributed by atoms with van der Waals surface area (Å²) in [4.78, 5) is 19.1. The number of halogens is 3. The second-order valence-corrected chi connectivity index (χ2v) is 6.99. The predicted octanol–water partition coefficient (Wildman–Crippen LogP) is 3.95. The van der Waals surface area contributed by atoms with Gasteiger partial charge in [0.25, 0.3) is 5.69 Å². The van der Waals surface area contributed by atoms with Crippen LogP contribution in [0.1, 0.15) is 0 Å². The number of hydrogen-bond acceptors (Lipinski definition) is 7. The second kappa shape index (κ2) is 7.17. The number of nitrogens with zero attached hydrogens (tertiary/aromatic N) is 2. The summed E-state index contributed by atoms with van der Waals surface area (Å²) in [5, 5.41) is 21.5. The number of benzene rings is 2. The van der Waals surface area contributed by atoms with Crippen molar-refractivity contribution in [2.75, 3.05) is 0 Å². The maximum atomic E-state index is 12.6. The second-order valence-electron chi connectivity index (χ2n) is 4.66. The molecule has 0 radical (unpaired) electrons. The van der Waals surface area contributed by atoms with Crippen LogP contribution in [0.25, 0.3) is 0 Å². The van der Waals surface area contributed by atoms with E-state index in [4.69, 9.17) is 16.3 Å². The Morgan fingerprint density at radius 3 is 2.12 bits per heavy atom. The molecule has 2 aromatic rings. The van der Waals surface area contributed by atoms with Gasteiger partial charge in [0, 0.05) is 18.2 Å². The summed E-state index contributed by atoms with van der Waals surface area (Å²) < 4.78 is 53.2. The lowest BCUT2D eigenvalue weighted by Gasteiger charge is -2.09. The molecule has 0 N–H and O–H groups in total. The molecule has 0 aliphatic rings. The van der Waals surface area contributed by atoms with Gasteiger partial charge in [-0.3, -0.25) is 20.2 Å². The Morgan fingerprint density at radius 2 is 1.62 bits per heavy atom. The van der Waals surface area contributed by atoms with Crippen molar-refractivity contribution in [3.63, 3.8) is 0 Å². The molecule has 2 aromatic carbocycles. The third-order valence-electron chi connectivity index (χ3n) is 3.03. The highest BCUT2D eigenvalue weighted by molar-refractivity contribution is 7.91. The molecule has 13 heteroatoms. The third-order valence-corrected chi connectivity index (χ3v) is 4.72. The predicted molar refractivity (Wildman–Crippen MR) is 84.5 cm³/mol. The van der Waals surface area contributed by atoms with Gasteiger partial charge >= 0.3 is 11.4 Å². The molecule has 26 heavy (non-hydrogen) atoms. The van der Waals surface area contributed by atoms with E-state index in [1.807, 2.05) is 0 Å². The molecule has 0 spiro atoms. The minimum Gasteiger partial charge on any atom is -0.450 e. The topological polar surface area (TPSA) is 130 Å². The molecular weight excluding hydrogens is 402 g/mol. The van der Waals surface area contributed by atoms with Crippen molar-refractivity contribution in [3.8, 4) is 11.5 Å². The molecular formula is C13H7ClF2N2O7S. The molecule has 0 fully saturated rings. The van der Waals surface area contributed by atoms with Gasteiger partial charge in [0.15, 0.2) is 0 Å². The van der Waals surface area contributed by atoms with Crippen molar-refractivity contribution >= 4 is 32.8 Å². The molecule has 0 saturated heterocycles. The van der Waals surface area contributed by atoms with Crippen LogP contribution < -0.4 is 4.74 Å². The Balaban J connectivity index is 2.46. The van der Waals surface area contributed by atoms with Gasteiger partial charge in [-0.15, -0.1) is 0 Å². The van der Waals surface area contributed by atoms with Gasteiger partial charge in [-0.2, -0.15) is 8.78 Å². The van der Waals surface area contributed by atoms with Gasteiger partial charge in [-0.05, 0) is 18.2 Å². The molecule has 2 rings (SSSR count). The minimum atomic E-state index is -5.03. The molecule has 0 aliphatic heterocycles. The standard InChI is InChI=1S/C13H7ClF2N2O7S/c14-9-5-7(1-3-10(9)17(19)20)25-12-4-2-8(6-11(12)18(21)22)26(23,24)13(15)16/h1-6,13H. The van der Waals surface area contributed by atoms with E-state index in [1.165, 1.54) is 0 Å². The zero-order valence-corrected chi connectivity index (χ0v) is 13.9. The van der Waals surface area contributed by atoms with Crippen molar-refractivity contribution in [3.05, 3.63) is 61.6 Å². The average molecular weight is 409 g/mol. The molecule has 9 nitrogen and oxygen atoms in total. The van der Waals surface area contributed by atoms with E-state index in [0.29, 0.717) is 6.07 Å². The summed E-state index contributed by atoms with van der Waals surface area (Å²) in [6, 6.07) is 5.10. The van der Waals surface area contributed by atoms with E-state index in [9.17, 15) is 37.4 Å². The van der Waals surface area contributed by atoms with Gasteiger partial charge in [0.1, 0.15) is 10.8 Å². The fourth-order valence-electron chi connectivity index (χ4n) is 1.83. The largest absolute Gasteiger partial charge is 0.450 e. The zero-order chi connectivity index (χ0) is 19.6. The maximum absolute atomic E-state index is 12.6. The molecule has 0 bridgehead atoms. The highest BCUT2D eigenvalue weighted by atomic mass is 35.5. The third kappa shape index (κ3) is 3.86. The molecule has 0 aromatic heterocycles. The van der Waals surface area contributed by atoms with Crippen LogP contribution in [0.4, 0.5) is 20.2 Å². The van der Waals surface area contributed by atoms with Gasteiger partial charge in [0.05, 0.1) is 14.7 Å². The first kappa shape index (κ1) is 19.5. The van der Waals surface area contributed by atoms with Crippen LogP contribution in [0, 0.1) is 20.2 Å². The van der Waals surface area contributed by atoms with Crippen molar-refractivity contribution in [2.45, 2.75) is 10.7 Å². The molecule has 138 valence electrons. The average Bonchev–Trinajstić information content (AvgIpc) is 2.54. The van der Waals surface area contributed by atoms with Crippen LogP contribution >= 0.6 is 11.6 Å². The highest BCUT2D eigenvalue weighted by Crippen LogP contribution is 2.36. The molecule has 0 aliphatic carbocycles. The number of rotatable bonds is 6. The maximum Gasteiger partial charge on any atom is 0.341 e. The Labute approximate surface area is 149 Å². The summed E-state index contributed by atoms with van der Waals surface area (Å²) in [6.45, 7) is 0. The first-order valence-corrected chi connectivity index (χ1v) is 8.38. The van der Waals surface area contributed by atoms with Crippen molar-refractivity contribution < 1.29 is 31.8 Å². The van der Waals surface area contributed by atoms with Gasteiger partial charge in [-0.1, -0.05) is 11.6 Å². The van der Waals surface area contributed by atoms with Crippen molar-refractivity contribution in [1.29, 1.82) is 0 Å². The monoisotopic (exact) mass is 408 g/mol. The van der Waals surface area contributed by atoms with Crippen molar-refractivity contribution in [2.24, 2.45) is 0 Å². The number of hydrogen-bond donors (Lipinski definition) is 0. The fourth-order valence-corrected chi connectivity index (χ4v) is 2.81. The quantitative estimate of drug-likeness (QED) is 0.522.